The van der Waals surface area contributed by atoms with Gasteiger partial charge in [0.1, 0.15) is 18.0 Å². The number of nitrogens with zero attached hydrogens (tertiary/aromatic N) is 6. The second kappa shape index (κ2) is 8.41. The summed E-state index contributed by atoms with van der Waals surface area (Å²) in [6.45, 7) is 8.37. The summed E-state index contributed by atoms with van der Waals surface area (Å²) in [7, 11) is 0. The van der Waals surface area contributed by atoms with Gasteiger partial charge in [-0.05, 0) is 26.0 Å². The molecule has 31 heavy (non-hydrogen) atoms. The number of hydrogen-bond acceptors (Lipinski definition) is 8. The van der Waals surface area contributed by atoms with Gasteiger partial charge in [0, 0.05) is 32.2 Å². The molecule has 0 saturated carbocycles. The van der Waals surface area contributed by atoms with E-state index in [2.05, 4.69) is 34.7 Å². The number of morpholine rings is 2. The molecule has 2 fully saturated rings. The van der Waals surface area contributed by atoms with Gasteiger partial charge in [0.15, 0.2) is 0 Å². The third-order valence-electron chi connectivity index (χ3n) is 6.22. The van der Waals surface area contributed by atoms with Crippen LogP contribution in [0.25, 0.3) is 16.9 Å². The molecule has 0 radical (unpaired) electrons. The van der Waals surface area contributed by atoms with E-state index in [-0.39, 0.29) is 18.2 Å². The highest BCUT2D eigenvalue weighted by atomic mass is 16.5. The number of imidazole rings is 1. The Bertz CT molecular complexity index is 1050. The summed E-state index contributed by atoms with van der Waals surface area (Å²) in [4.78, 5) is 19.0. The Kier molecular flexibility index (Phi) is 5.47. The Morgan fingerprint density at radius 1 is 1.10 bits per heavy atom. The summed E-state index contributed by atoms with van der Waals surface area (Å²) in [6, 6.07) is 10.3. The van der Waals surface area contributed by atoms with Crippen molar-refractivity contribution in [2.45, 2.75) is 32.1 Å². The molecule has 1 aromatic carbocycles. The summed E-state index contributed by atoms with van der Waals surface area (Å²) in [6.07, 6.45) is 1.82. The molecule has 9 nitrogen and oxygen atoms in total. The third-order valence-corrected chi connectivity index (χ3v) is 6.22. The first-order chi connectivity index (χ1) is 15.1. The van der Waals surface area contributed by atoms with Gasteiger partial charge in [-0.25, -0.2) is 4.98 Å². The highest BCUT2D eigenvalue weighted by Gasteiger charge is 2.33. The molecular formula is C22H29N7O2. The lowest BCUT2D eigenvalue weighted by Crippen LogP contribution is -2.55. The minimum atomic E-state index is -0.0423. The number of nitrogens with two attached hydrogens (primary N) is 1. The summed E-state index contributed by atoms with van der Waals surface area (Å²) < 4.78 is 13.6. The van der Waals surface area contributed by atoms with Gasteiger partial charge >= 0.3 is 0 Å². The smallest absolute Gasteiger partial charge is 0.229 e. The van der Waals surface area contributed by atoms with Gasteiger partial charge in [-0.15, -0.1) is 0 Å². The molecule has 3 atom stereocenters. The number of ether oxygens (including phenoxy) is 2. The maximum atomic E-state index is 6.04. The Labute approximate surface area is 181 Å². The molecule has 2 N–H and O–H groups in total. The summed E-state index contributed by atoms with van der Waals surface area (Å²) >= 11 is 0. The van der Waals surface area contributed by atoms with Gasteiger partial charge < -0.3 is 25.0 Å². The van der Waals surface area contributed by atoms with Gasteiger partial charge in [-0.2, -0.15) is 9.97 Å². The molecule has 4 heterocycles. The van der Waals surface area contributed by atoms with Crippen LogP contribution in [0, 0.1) is 0 Å². The molecule has 2 saturated heterocycles. The fourth-order valence-electron chi connectivity index (χ4n) is 4.25. The van der Waals surface area contributed by atoms with Gasteiger partial charge in [-0.1, -0.05) is 12.1 Å². The first kappa shape index (κ1) is 20.2. The number of para-hydroxylation sites is 2. The van der Waals surface area contributed by atoms with E-state index < -0.39 is 0 Å². The van der Waals surface area contributed by atoms with Crippen molar-refractivity contribution in [3.63, 3.8) is 0 Å². The lowest BCUT2D eigenvalue weighted by atomic mass is 10.1. The minimum absolute atomic E-state index is 0.0375. The number of benzene rings is 1. The van der Waals surface area contributed by atoms with E-state index in [1.165, 1.54) is 0 Å². The van der Waals surface area contributed by atoms with E-state index in [9.17, 15) is 0 Å². The maximum Gasteiger partial charge on any atom is 0.229 e. The zero-order valence-electron chi connectivity index (χ0n) is 18.0. The zero-order chi connectivity index (χ0) is 21.4. The second-order valence-electron chi connectivity index (χ2n) is 8.18. The Morgan fingerprint density at radius 2 is 1.87 bits per heavy atom. The van der Waals surface area contributed by atoms with Crippen molar-refractivity contribution >= 4 is 22.8 Å². The molecule has 0 spiro atoms. The molecule has 5 rings (SSSR count). The summed E-state index contributed by atoms with van der Waals surface area (Å²) in [5.74, 6) is 2.39. The largest absolute Gasteiger partial charge is 0.378 e. The molecule has 2 aliphatic heterocycles. The van der Waals surface area contributed by atoms with Crippen LogP contribution in [-0.2, 0) is 9.47 Å². The van der Waals surface area contributed by atoms with Crippen LogP contribution in [0.3, 0.4) is 0 Å². The van der Waals surface area contributed by atoms with E-state index in [4.69, 9.17) is 25.2 Å². The molecule has 0 amide bonds. The maximum absolute atomic E-state index is 6.04. The van der Waals surface area contributed by atoms with Crippen molar-refractivity contribution in [3.05, 3.63) is 36.7 Å². The van der Waals surface area contributed by atoms with Crippen LogP contribution >= 0.6 is 0 Å². The second-order valence-corrected chi connectivity index (χ2v) is 8.18. The average Bonchev–Trinajstić information content (AvgIpc) is 3.25. The standard InChI is InChI=1S/C22H29N7O2/c1-15-16(2)31-17(12-23)13-28(15)22-25-20(27-7-9-30-10-8-27)11-21(26-22)29-14-24-18-5-3-4-6-19(18)29/h3-6,11,14-17H,7-10,12-13,23H2,1-2H3. The highest BCUT2D eigenvalue weighted by molar-refractivity contribution is 5.77. The first-order valence-electron chi connectivity index (χ1n) is 10.9. The number of fused-ring (bicyclic) bond motifs is 1. The topological polar surface area (TPSA) is 94.6 Å². The van der Waals surface area contributed by atoms with E-state index in [0.29, 0.717) is 32.3 Å². The Morgan fingerprint density at radius 3 is 2.68 bits per heavy atom. The van der Waals surface area contributed by atoms with Crippen molar-refractivity contribution < 1.29 is 9.47 Å². The molecule has 3 unspecified atom stereocenters. The van der Waals surface area contributed by atoms with Gasteiger partial charge in [-0.3, -0.25) is 4.57 Å². The molecule has 0 aliphatic carbocycles. The van der Waals surface area contributed by atoms with Crippen LogP contribution in [-0.4, -0.2) is 77.2 Å². The number of aromatic nitrogens is 4. The van der Waals surface area contributed by atoms with Crippen LogP contribution in [0.5, 0.6) is 0 Å². The Hall–Kier alpha value is -2.75. The predicted octanol–water partition coefficient (Wildman–Crippen LogP) is 1.59. The normalized spacial score (nSPS) is 24.7. The average molecular weight is 424 g/mol. The summed E-state index contributed by atoms with van der Waals surface area (Å²) in [5.41, 5.74) is 7.89. The van der Waals surface area contributed by atoms with Gasteiger partial charge in [0.05, 0.1) is 42.5 Å². The SMILES string of the molecule is CC1OC(CN)CN(c2nc(N3CCOCC3)cc(-n3cnc4ccccc43)n2)C1C. The Balaban J connectivity index is 1.61. The number of anilines is 2. The van der Waals surface area contributed by atoms with Crippen molar-refractivity contribution in [2.24, 2.45) is 5.73 Å². The minimum Gasteiger partial charge on any atom is -0.378 e. The first-order valence-corrected chi connectivity index (χ1v) is 10.9. The zero-order valence-corrected chi connectivity index (χ0v) is 18.0. The van der Waals surface area contributed by atoms with Crippen LogP contribution < -0.4 is 15.5 Å². The fourth-order valence-corrected chi connectivity index (χ4v) is 4.25. The van der Waals surface area contributed by atoms with E-state index in [0.717, 1.165) is 35.8 Å². The van der Waals surface area contributed by atoms with E-state index in [1.807, 2.05) is 35.2 Å². The molecule has 164 valence electrons. The van der Waals surface area contributed by atoms with Crippen LogP contribution in [0.4, 0.5) is 11.8 Å². The van der Waals surface area contributed by atoms with Crippen molar-refractivity contribution in [2.75, 3.05) is 49.2 Å². The monoisotopic (exact) mass is 423 g/mol. The molecule has 3 aromatic rings. The number of hydrogen-bond donors (Lipinski definition) is 1. The third kappa shape index (κ3) is 3.84. The molecular weight excluding hydrogens is 394 g/mol. The van der Waals surface area contributed by atoms with Crippen molar-refractivity contribution in [3.8, 4) is 5.82 Å². The lowest BCUT2D eigenvalue weighted by Gasteiger charge is -2.42. The summed E-state index contributed by atoms with van der Waals surface area (Å²) in [5, 5.41) is 0. The van der Waals surface area contributed by atoms with Gasteiger partial charge in [0.2, 0.25) is 5.95 Å². The van der Waals surface area contributed by atoms with Crippen LogP contribution in [0.1, 0.15) is 13.8 Å². The van der Waals surface area contributed by atoms with Crippen molar-refractivity contribution in [1.82, 2.24) is 19.5 Å². The van der Waals surface area contributed by atoms with Gasteiger partial charge in [0.25, 0.3) is 0 Å². The van der Waals surface area contributed by atoms with E-state index in [1.54, 1.807) is 0 Å². The molecule has 2 aliphatic rings. The number of rotatable bonds is 4. The van der Waals surface area contributed by atoms with Crippen LogP contribution in [0.2, 0.25) is 0 Å². The van der Waals surface area contributed by atoms with Crippen molar-refractivity contribution in [1.29, 1.82) is 0 Å². The molecule has 9 heteroatoms. The lowest BCUT2D eigenvalue weighted by molar-refractivity contribution is -0.0310. The quantitative estimate of drug-likeness (QED) is 0.676. The fraction of sp³-hybridized carbons (Fsp3) is 0.500. The highest BCUT2D eigenvalue weighted by Crippen LogP contribution is 2.27. The molecule has 0 bridgehead atoms. The molecule has 2 aromatic heterocycles. The van der Waals surface area contributed by atoms with E-state index >= 15 is 0 Å². The van der Waals surface area contributed by atoms with Crippen LogP contribution in [0.15, 0.2) is 36.7 Å². The predicted molar refractivity (Wildman–Crippen MR) is 120 cm³/mol.